The fraction of sp³-hybridized carbons (Fsp3) is 0.500. The van der Waals surface area contributed by atoms with Crippen LogP contribution in [0, 0.1) is 11.3 Å². The lowest BCUT2D eigenvalue weighted by Crippen LogP contribution is -2.43. The molecule has 5 heteroatoms. The van der Waals surface area contributed by atoms with E-state index in [0.717, 1.165) is 30.7 Å². The number of halogens is 1. The molecule has 1 aliphatic rings. The summed E-state index contributed by atoms with van der Waals surface area (Å²) in [6.07, 6.45) is 0.149. The molecule has 1 fully saturated rings. The number of morpholine rings is 1. The third kappa shape index (κ3) is 4.02. The van der Waals surface area contributed by atoms with Gasteiger partial charge in [0.15, 0.2) is 0 Å². The molecule has 1 aromatic carbocycles. The van der Waals surface area contributed by atoms with Crippen molar-refractivity contribution in [3.05, 3.63) is 33.8 Å². The van der Waals surface area contributed by atoms with Crippen LogP contribution in [0.15, 0.2) is 22.7 Å². The van der Waals surface area contributed by atoms with Crippen molar-refractivity contribution in [3.8, 4) is 6.07 Å². The standard InChI is InChI=1S/C14H17BrN2O2/c1-18-10-13-9-17(4-5-19-13)8-12-3-2-11(7-16)6-14(12)15/h2-3,6,13H,4-5,8-10H2,1H3/t13-/m1/s1. The van der Waals surface area contributed by atoms with Gasteiger partial charge in [-0.05, 0) is 17.7 Å². The van der Waals surface area contributed by atoms with Gasteiger partial charge in [0.05, 0.1) is 31.0 Å². The van der Waals surface area contributed by atoms with Crippen LogP contribution in [0.1, 0.15) is 11.1 Å². The Hall–Kier alpha value is -0.930. The Labute approximate surface area is 122 Å². The Kier molecular flexibility index (Phi) is 5.34. The molecule has 102 valence electrons. The SMILES string of the molecule is COC[C@H]1CN(Cc2ccc(C#N)cc2Br)CCO1. The number of nitrogens with zero attached hydrogens (tertiary/aromatic N) is 2. The Morgan fingerprint density at radius 2 is 2.42 bits per heavy atom. The molecule has 0 radical (unpaired) electrons. The minimum atomic E-state index is 0.149. The van der Waals surface area contributed by atoms with Gasteiger partial charge in [0.25, 0.3) is 0 Å². The highest BCUT2D eigenvalue weighted by atomic mass is 79.9. The molecule has 1 heterocycles. The second kappa shape index (κ2) is 7.01. The molecule has 1 saturated heterocycles. The normalized spacial score (nSPS) is 20.2. The van der Waals surface area contributed by atoms with Crippen LogP contribution in [0.25, 0.3) is 0 Å². The molecule has 1 aromatic rings. The summed E-state index contributed by atoms with van der Waals surface area (Å²) < 4.78 is 11.8. The average Bonchev–Trinajstić information content (AvgIpc) is 2.42. The number of nitriles is 1. The summed E-state index contributed by atoms with van der Waals surface area (Å²) in [5, 5.41) is 8.86. The number of hydrogen-bond donors (Lipinski definition) is 0. The zero-order chi connectivity index (χ0) is 13.7. The number of hydrogen-bond acceptors (Lipinski definition) is 4. The summed E-state index contributed by atoms with van der Waals surface area (Å²) >= 11 is 3.53. The number of ether oxygens (including phenoxy) is 2. The fourth-order valence-electron chi connectivity index (χ4n) is 2.20. The zero-order valence-electron chi connectivity index (χ0n) is 10.9. The molecule has 0 spiro atoms. The summed E-state index contributed by atoms with van der Waals surface area (Å²) in [6, 6.07) is 7.86. The molecule has 1 aliphatic heterocycles. The molecule has 4 nitrogen and oxygen atoms in total. The summed E-state index contributed by atoms with van der Waals surface area (Å²) in [7, 11) is 1.69. The lowest BCUT2D eigenvalue weighted by atomic mass is 10.1. The van der Waals surface area contributed by atoms with Gasteiger partial charge in [0, 0.05) is 31.2 Å². The second-order valence-corrected chi connectivity index (χ2v) is 5.46. The third-order valence-electron chi connectivity index (χ3n) is 3.15. The van der Waals surface area contributed by atoms with Crippen molar-refractivity contribution in [3.63, 3.8) is 0 Å². The van der Waals surface area contributed by atoms with Crippen molar-refractivity contribution in [1.82, 2.24) is 4.90 Å². The van der Waals surface area contributed by atoms with Crippen LogP contribution >= 0.6 is 15.9 Å². The Bertz CT molecular complexity index is 471. The van der Waals surface area contributed by atoms with Gasteiger partial charge in [-0.1, -0.05) is 22.0 Å². The van der Waals surface area contributed by atoms with Crippen molar-refractivity contribution in [2.75, 3.05) is 33.4 Å². The molecule has 0 bridgehead atoms. The van der Waals surface area contributed by atoms with Gasteiger partial charge in [-0.3, -0.25) is 4.90 Å². The zero-order valence-corrected chi connectivity index (χ0v) is 12.5. The topological polar surface area (TPSA) is 45.5 Å². The summed E-state index contributed by atoms with van der Waals surface area (Å²) in [4.78, 5) is 2.35. The molecular weight excluding hydrogens is 308 g/mol. The van der Waals surface area contributed by atoms with Gasteiger partial charge >= 0.3 is 0 Å². The first kappa shape index (κ1) is 14.5. The minimum absolute atomic E-state index is 0.149. The third-order valence-corrected chi connectivity index (χ3v) is 3.89. The lowest BCUT2D eigenvalue weighted by Gasteiger charge is -2.32. The molecule has 0 saturated carbocycles. The molecule has 0 amide bonds. The number of benzene rings is 1. The first-order chi connectivity index (χ1) is 9.22. The van der Waals surface area contributed by atoms with Crippen LogP contribution in [-0.4, -0.2) is 44.4 Å². The van der Waals surface area contributed by atoms with E-state index in [0.29, 0.717) is 12.2 Å². The van der Waals surface area contributed by atoms with Crippen LogP contribution in [0.2, 0.25) is 0 Å². The van der Waals surface area contributed by atoms with E-state index < -0.39 is 0 Å². The molecule has 2 rings (SSSR count). The predicted molar refractivity (Wildman–Crippen MR) is 75.8 cm³/mol. The van der Waals surface area contributed by atoms with E-state index in [1.165, 1.54) is 5.56 Å². The average molecular weight is 325 g/mol. The monoisotopic (exact) mass is 324 g/mol. The molecule has 1 atom stereocenters. The first-order valence-electron chi connectivity index (χ1n) is 6.24. The smallest absolute Gasteiger partial charge is 0.0992 e. The predicted octanol–water partition coefficient (Wildman–Crippen LogP) is 2.17. The fourth-order valence-corrected chi connectivity index (χ4v) is 2.70. The van der Waals surface area contributed by atoms with E-state index in [9.17, 15) is 0 Å². The van der Waals surface area contributed by atoms with Crippen molar-refractivity contribution in [2.45, 2.75) is 12.6 Å². The van der Waals surface area contributed by atoms with Crippen LogP contribution in [0.4, 0.5) is 0 Å². The lowest BCUT2D eigenvalue weighted by molar-refractivity contribution is -0.0631. The summed E-state index contributed by atoms with van der Waals surface area (Å²) in [5.41, 5.74) is 1.87. The van der Waals surface area contributed by atoms with E-state index in [2.05, 4.69) is 26.9 Å². The Morgan fingerprint density at radius 3 is 3.11 bits per heavy atom. The minimum Gasteiger partial charge on any atom is -0.382 e. The van der Waals surface area contributed by atoms with Crippen molar-refractivity contribution >= 4 is 15.9 Å². The van der Waals surface area contributed by atoms with Gasteiger partial charge in [0.1, 0.15) is 0 Å². The van der Waals surface area contributed by atoms with Crippen LogP contribution < -0.4 is 0 Å². The van der Waals surface area contributed by atoms with E-state index in [-0.39, 0.29) is 6.10 Å². The van der Waals surface area contributed by atoms with Crippen molar-refractivity contribution in [1.29, 1.82) is 5.26 Å². The second-order valence-electron chi connectivity index (χ2n) is 4.60. The quantitative estimate of drug-likeness (QED) is 0.851. The summed E-state index contributed by atoms with van der Waals surface area (Å²) in [5.74, 6) is 0. The van der Waals surface area contributed by atoms with Gasteiger partial charge in [-0.2, -0.15) is 5.26 Å². The first-order valence-corrected chi connectivity index (χ1v) is 7.03. The van der Waals surface area contributed by atoms with E-state index >= 15 is 0 Å². The van der Waals surface area contributed by atoms with Gasteiger partial charge in [0.2, 0.25) is 0 Å². The highest BCUT2D eigenvalue weighted by Gasteiger charge is 2.20. The van der Waals surface area contributed by atoms with E-state index in [4.69, 9.17) is 14.7 Å². The van der Waals surface area contributed by atoms with Crippen molar-refractivity contribution < 1.29 is 9.47 Å². The highest BCUT2D eigenvalue weighted by Crippen LogP contribution is 2.21. The maximum Gasteiger partial charge on any atom is 0.0992 e. The molecule has 0 N–H and O–H groups in total. The van der Waals surface area contributed by atoms with Crippen LogP contribution in [0.5, 0.6) is 0 Å². The highest BCUT2D eigenvalue weighted by molar-refractivity contribution is 9.10. The largest absolute Gasteiger partial charge is 0.382 e. The van der Waals surface area contributed by atoms with Gasteiger partial charge in [-0.25, -0.2) is 0 Å². The van der Waals surface area contributed by atoms with Crippen LogP contribution in [0.3, 0.4) is 0 Å². The Morgan fingerprint density at radius 1 is 1.58 bits per heavy atom. The van der Waals surface area contributed by atoms with Gasteiger partial charge < -0.3 is 9.47 Å². The molecule has 19 heavy (non-hydrogen) atoms. The van der Waals surface area contributed by atoms with Gasteiger partial charge in [-0.15, -0.1) is 0 Å². The molecular formula is C14H17BrN2O2. The molecule has 0 aromatic heterocycles. The maximum atomic E-state index is 8.86. The Balaban J connectivity index is 1.99. The molecule has 0 aliphatic carbocycles. The number of methoxy groups -OCH3 is 1. The van der Waals surface area contributed by atoms with Crippen LogP contribution in [-0.2, 0) is 16.0 Å². The van der Waals surface area contributed by atoms with Crippen molar-refractivity contribution in [2.24, 2.45) is 0 Å². The molecule has 0 unspecified atom stereocenters. The number of rotatable bonds is 4. The van der Waals surface area contributed by atoms with E-state index in [1.54, 1.807) is 7.11 Å². The summed E-state index contributed by atoms with van der Waals surface area (Å²) in [6.45, 7) is 4.02. The van der Waals surface area contributed by atoms with E-state index in [1.807, 2.05) is 18.2 Å². The maximum absolute atomic E-state index is 8.86.